The van der Waals surface area contributed by atoms with Crippen molar-refractivity contribution in [1.82, 2.24) is 9.80 Å². The maximum atomic E-state index is 12.4. The summed E-state index contributed by atoms with van der Waals surface area (Å²) in [5.41, 5.74) is 0. The monoisotopic (exact) mass is 977 g/mol. The highest BCUT2D eigenvalue weighted by atomic mass is 16.5. The number of unbranched alkanes of at least 4 members (excludes halogenated alkanes) is 35. The minimum atomic E-state index is -0.721. The van der Waals surface area contributed by atoms with E-state index in [0.29, 0.717) is 31.8 Å². The number of nitrogens with zero attached hydrogens (tertiary/aromatic N) is 2. The van der Waals surface area contributed by atoms with Crippen LogP contribution in [-0.4, -0.2) is 97.0 Å². The molecule has 0 aliphatic carbocycles. The zero-order chi connectivity index (χ0) is 50.2. The summed E-state index contributed by atoms with van der Waals surface area (Å²) in [4.78, 5) is 40.1. The number of aliphatic hydroxyl groups excluding tert-OH is 1. The van der Waals surface area contributed by atoms with Gasteiger partial charge in [-0.1, -0.05) is 213 Å². The molecule has 0 amide bonds. The van der Waals surface area contributed by atoms with Crippen molar-refractivity contribution in [3.05, 3.63) is 5.76 Å². The first-order chi connectivity index (χ1) is 34.0. The lowest BCUT2D eigenvalue weighted by Gasteiger charge is -2.26. The van der Waals surface area contributed by atoms with Gasteiger partial charge in [0, 0.05) is 25.9 Å². The summed E-state index contributed by atoms with van der Waals surface area (Å²) in [6.45, 7) is 11.9. The predicted octanol–water partition coefficient (Wildman–Crippen LogP) is 16.5. The van der Waals surface area contributed by atoms with Gasteiger partial charge in [0.05, 0.1) is 13.2 Å². The van der Waals surface area contributed by atoms with Crippen molar-refractivity contribution in [1.29, 1.82) is 0 Å². The third kappa shape index (κ3) is 53.7. The molecule has 69 heavy (non-hydrogen) atoms. The third-order valence-electron chi connectivity index (χ3n) is 14.1. The number of esters is 1. The van der Waals surface area contributed by atoms with Crippen LogP contribution in [0.3, 0.4) is 0 Å². The first-order valence-electron chi connectivity index (χ1n) is 30.3. The SMILES string of the molecule is CCCCCCCCCCCCCCCCCCCCCCOC(=O)CCCCCN(CCCCCC(=O)O)CCCN(CCCCO)CCCCCC(=C=O)OCCCCCCCCCCCC. The normalized spacial score (nSPS) is 11.5. The molecule has 0 rings (SSSR count). The Morgan fingerprint density at radius 2 is 0.667 bits per heavy atom. The Morgan fingerprint density at radius 3 is 1.03 bits per heavy atom. The number of hydrogen-bond acceptors (Lipinski definition) is 8. The topological polar surface area (TPSA) is 117 Å². The van der Waals surface area contributed by atoms with Gasteiger partial charge < -0.3 is 29.5 Å². The van der Waals surface area contributed by atoms with Crippen LogP contribution in [0.5, 0.6) is 0 Å². The third-order valence-corrected chi connectivity index (χ3v) is 14.1. The number of carboxylic acids is 1. The fourth-order valence-corrected chi connectivity index (χ4v) is 9.56. The minimum Gasteiger partial charge on any atom is -0.487 e. The summed E-state index contributed by atoms with van der Waals surface area (Å²) in [5, 5.41) is 18.5. The molecule has 0 saturated carbocycles. The summed E-state index contributed by atoms with van der Waals surface area (Å²) in [6.07, 6.45) is 52.9. The zero-order valence-corrected chi connectivity index (χ0v) is 46.0. The number of carboxylic acid groups (broad SMARTS) is 1. The molecule has 0 spiro atoms. The van der Waals surface area contributed by atoms with Gasteiger partial charge in [0.1, 0.15) is 0 Å². The van der Waals surface area contributed by atoms with E-state index in [4.69, 9.17) is 14.6 Å². The van der Waals surface area contributed by atoms with E-state index in [0.717, 1.165) is 142 Å². The van der Waals surface area contributed by atoms with Crippen LogP contribution in [0.1, 0.15) is 303 Å². The van der Waals surface area contributed by atoms with Gasteiger partial charge in [0.2, 0.25) is 0 Å². The number of aliphatic carboxylic acids is 1. The molecule has 0 aromatic rings. The van der Waals surface area contributed by atoms with Crippen LogP contribution in [0.2, 0.25) is 0 Å². The van der Waals surface area contributed by atoms with E-state index in [1.165, 1.54) is 167 Å². The van der Waals surface area contributed by atoms with Gasteiger partial charge in [-0.2, -0.15) is 0 Å². The van der Waals surface area contributed by atoms with E-state index in [9.17, 15) is 19.5 Å². The number of hydrogen-bond donors (Lipinski definition) is 2. The summed E-state index contributed by atoms with van der Waals surface area (Å²) >= 11 is 0. The fraction of sp³-hybridized carbons (Fsp3) is 0.933. The van der Waals surface area contributed by atoms with Crippen LogP contribution in [-0.2, 0) is 23.9 Å². The van der Waals surface area contributed by atoms with E-state index in [-0.39, 0.29) is 19.0 Å². The predicted molar refractivity (Wildman–Crippen MR) is 293 cm³/mol. The summed E-state index contributed by atoms with van der Waals surface area (Å²) in [7, 11) is 0. The summed E-state index contributed by atoms with van der Waals surface area (Å²) in [6, 6.07) is 0. The Labute approximate surface area is 427 Å². The molecule has 9 heteroatoms. The van der Waals surface area contributed by atoms with Crippen molar-refractivity contribution in [3.8, 4) is 0 Å². The first-order valence-corrected chi connectivity index (χ1v) is 30.3. The van der Waals surface area contributed by atoms with Crippen molar-refractivity contribution >= 4 is 17.9 Å². The number of aliphatic hydroxyl groups is 1. The molecule has 408 valence electrons. The van der Waals surface area contributed by atoms with E-state index < -0.39 is 5.97 Å². The van der Waals surface area contributed by atoms with Crippen LogP contribution in [0, 0.1) is 0 Å². The van der Waals surface area contributed by atoms with Gasteiger partial charge in [0.15, 0.2) is 11.7 Å². The van der Waals surface area contributed by atoms with Gasteiger partial charge in [-0.15, -0.1) is 0 Å². The fourth-order valence-electron chi connectivity index (χ4n) is 9.56. The van der Waals surface area contributed by atoms with Crippen molar-refractivity contribution in [3.63, 3.8) is 0 Å². The maximum Gasteiger partial charge on any atom is 0.305 e. The molecule has 0 aromatic heterocycles. The Balaban J connectivity index is 4.22. The summed E-state index contributed by atoms with van der Waals surface area (Å²) < 4.78 is 11.4. The Morgan fingerprint density at radius 1 is 0.362 bits per heavy atom. The second kappa shape index (κ2) is 57.0. The number of carbonyl (C=O) groups is 2. The van der Waals surface area contributed by atoms with Gasteiger partial charge >= 0.3 is 11.9 Å². The number of allylic oxidation sites excluding steroid dienone is 1. The molecule has 0 fully saturated rings. The molecule has 0 saturated heterocycles. The van der Waals surface area contributed by atoms with Crippen LogP contribution < -0.4 is 0 Å². The lowest BCUT2D eigenvalue weighted by atomic mass is 10.0. The van der Waals surface area contributed by atoms with E-state index in [1.807, 2.05) is 0 Å². The van der Waals surface area contributed by atoms with E-state index in [1.54, 1.807) is 0 Å². The first kappa shape index (κ1) is 67.1. The molecule has 0 aromatic carbocycles. The lowest BCUT2D eigenvalue weighted by Crippen LogP contribution is -2.32. The highest BCUT2D eigenvalue weighted by Gasteiger charge is 2.11. The molecular weight excluding hydrogens is 861 g/mol. The highest BCUT2D eigenvalue weighted by molar-refractivity contribution is 5.69. The second-order valence-corrected chi connectivity index (χ2v) is 20.8. The molecule has 0 heterocycles. The standard InChI is InChI=1S/C60H116N2O7/c1-3-5-7-9-11-13-15-16-17-18-19-20-21-22-23-24-26-28-30-43-56-69-60(67)47-36-33-39-50-61(49-38-32-35-46-59(65)66)52-44-53-62(51-40-41-54-63)48-37-31-34-45-58(57-64)68-55-42-29-27-25-14-12-10-8-6-4-2/h63H,3-56H2,1-2H3,(H,65,66). The average Bonchev–Trinajstić information content (AvgIpc) is 3.34. The molecule has 0 radical (unpaired) electrons. The quantitative estimate of drug-likeness (QED) is 0.0266. The summed E-state index contributed by atoms with van der Waals surface area (Å²) in [5.74, 6) is 1.75. The molecule has 2 N–H and O–H groups in total. The molecule has 0 aliphatic rings. The number of rotatable bonds is 59. The Kier molecular flexibility index (Phi) is 55.4. The second-order valence-electron chi connectivity index (χ2n) is 20.8. The van der Waals surface area contributed by atoms with Gasteiger partial charge in [-0.3, -0.25) is 9.59 Å². The van der Waals surface area contributed by atoms with Crippen molar-refractivity contribution in [2.24, 2.45) is 0 Å². The molecule has 9 nitrogen and oxygen atoms in total. The van der Waals surface area contributed by atoms with Crippen LogP contribution >= 0.6 is 0 Å². The van der Waals surface area contributed by atoms with Crippen LogP contribution in [0.25, 0.3) is 0 Å². The molecule has 0 bridgehead atoms. The smallest absolute Gasteiger partial charge is 0.305 e. The molecular formula is C60H116N2O7. The van der Waals surface area contributed by atoms with Gasteiger partial charge in [-0.25, -0.2) is 4.79 Å². The molecule has 0 atom stereocenters. The van der Waals surface area contributed by atoms with Crippen LogP contribution in [0.4, 0.5) is 0 Å². The average molecular weight is 978 g/mol. The van der Waals surface area contributed by atoms with E-state index >= 15 is 0 Å². The largest absolute Gasteiger partial charge is 0.487 e. The van der Waals surface area contributed by atoms with Gasteiger partial charge in [0.25, 0.3) is 0 Å². The number of ether oxygens (including phenoxy) is 2. The highest BCUT2D eigenvalue weighted by Crippen LogP contribution is 2.17. The lowest BCUT2D eigenvalue weighted by molar-refractivity contribution is -0.144. The molecule has 0 aliphatic heterocycles. The van der Waals surface area contributed by atoms with Gasteiger partial charge in [-0.05, 0) is 110 Å². The maximum absolute atomic E-state index is 12.4. The van der Waals surface area contributed by atoms with Crippen molar-refractivity contribution < 1.29 is 34.1 Å². The Bertz CT molecular complexity index is 1120. The van der Waals surface area contributed by atoms with Crippen molar-refractivity contribution in [2.75, 3.05) is 59.1 Å². The Hall–Kier alpha value is -1.93. The zero-order valence-electron chi connectivity index (χ0n) is 46.0. The number of carbonyl (C=O) groups excluding carboxylic acids is 2. The van der Waals surface area contributed by atoms with Crippen molar-refractivity contribution in [2.45, 2.75) is 303 Å². The minimum absolute atomic E-state index is 0.0575. The van der Waals surface area contributed by atoms with E-state index in [2.05, 4.69) is 29.6 Å². The van der Waals surface area contributed by atoms with Crippen LogP contribution in [0.15, 0.2) is 5.76 Å². The molecule has 0 unspecified atom stereocenters.